The second kappa shape index (κ2) is 7.66. The Bertz CT molecular complexity index is 732. The maximum absolute atomic E-state index is 13.6. The smallest absolute Gasteiger partial charge is 0.310 e. The molecule has 0 saturated carbocycles. The molecular formula is C17H15Cl2FO3. The number of carbonyl (C=O) groups is 1. The molecule has 0 N–H and O–H groups in total. The third-order valence-corrected chi connectivity index (χ3v) is 3.82. The number of benzene rings is 2. The number of carbonyl (C=O) groups excluding carboxylic acids is 1. The summed E-state index contributed by atoms with van der Waals surface area (Å²) in [7, 11) is 0. The van der Waals surface area contributed by atoms with Gasteiger partial charge in [-0.25, -0.2) is 4.39 Å². The van der Waals surface area contributed by atoms with Crippen LogP contribution in [0.2, 0.25) is 10.0 Å². The molecule has 0 radical (unpaired) electrons. The average Bonchev–Trinajstić information content (AvgIpc) is 2.51. The molecule has 0 saturated heterocycles. The van der Waals surface area contributed by atoms with Gasteiger partial charge in [0.15, 0.2) is 0 Å². The van der Waals surface area contributed by atoms with Crippen molar-refractivity contribution in [1.29, 1.82) is 0 Å². The van der Waals surface area contributed by atoms with E-state index >= 15 is 0 Å². The molecule has 0 unspecified atom stereocenters. The first kappa shape index (κ1) is 17.6. The van der Waals surface area contributed by atoms with E-state index in [9.17, 15) is 9.18 Å². The van der Waals surface area contributed by atoms with Crippen molar-refractivity contribution < 1.29 is 18.7 Å². The van der Waals surface area contributed by atoms with Crippen LogP contribution in [0.1, 0.15) is 24.5 Å². The van der Waals surface area contributed by atoms with Crippen molar-refractivity contribution in [3.05, 3.63) is 57.3 Å². The number of aryl methyl sites for hydroxylation is 1. The van der Waals surface area contributed by atoms with Crippen molar-refractivity contribution in [3.8, 4) is 11.5 Å². The van der Waals surface area contributed by atoms with Crippen LogP contribution in [0.5, 0.6) is 11.5 Å². The molecular weight excluding hydrogens is 342 g/mol. The Labute approximate surface area is 143 Å². The largest absolute Gasteiger partial charge is 0.487 e. The van der Waals surface area contributed by atoms with Crippen molar-refractivity contribution in [2.24, 2.45) is 0 Å². The number of hydrogen-bond donors (Lipinski definition) is 0. The van der Waals surface area contributed by atoms with Crippen LogP contribution >= 0.6 is 23.2 Å². The van der Waals surface area contributed by atoms with E-state index in [4.69, 9.17) is 32.7 Å². The van der Waals surface area contributed by atoms with E-state index in [1.807, 2.05) is 0 Å². The molecule has 3 nitrogen and oxygen atoms in total. The zero-order valence-corrected chi connectivity index (χ0v) is 14.2. The van der Waals surface area contributed by atoms with E-state index in [2.05, 4.69) is 0 Å². The minimum Gasteiger partial charge on any atom is -0.487 e. The van der Waals surface area contributed by atoms with Crippen molar-refractivity contribution >= 4 is 29.2 Å². The molecule has 0 atom stereocenters. The molecule has 2 aromatic rings. The van der Waals surface area contributed by atoms with Gasteiger partial charge in [-0.3, -0.25) is 4.79 Å². The lowest BCUT2D eigenvalue weighted by Crippen LogP contribution is -2.09. The summed E-state index contributed by atoms with van der Waals surface area (Å²) in [6, 6.07) is 7.64. The summed E-state index contributed by atoms with van der Waals surface area (Å²) < 4.78 is 24.4. The highest BCUT2D eigenvalue weighted by molar-refractivity contribution is 6.32. The molecule has 0 aliphatic carbocycles. The fourth-order valence-electron chi connectivity index (χ4n) is 1.86. The molecule has 122 valence electrons. The van der Waals surface area contributed by atoms with Gasteiger partial charge in [-0.2, -0.15) is 0 Å². The highest BCUT2D eigenvalue weighted by Gasteiger charge is 2.14. The van der Waals surface area contributed by atoms with Crippen LogP contribution in [0.3, 0.4) is 0 Å². The molecule has 0 heterocycles. The van der Waals surface area contributed by atoms with Crippen LogP contribution in [0.4, 0.5) is 4.39 Å². The van der Waals surface area contributed by atoms with Gasteiger partial charge in [-0.15, -0.1) is 0 Å². The third kappa shape index (κ3) is 4.36. The van der Waals surface area contributed by atoms with Gasteiger partial charge >= 0.3 is 5.97 Å². The molecule has 23 heavy (non-hydrogen) atoms. The third-order valence-electron chi connectivity index (χ3n) is 3.17. The Hall–Kier alpha value is -1.78. The summed E-state index contributed by atoms with van der Waals surface area (Å²) >= 11 is 12.2. The Balaban J connectivity index is 2.23. The van der Waals surface area contributed by atoms with E-state index in [-0.39, 0.29) is 24.7 Å². The lowest BCUT2D eigenvalue weighted by Gasteiger charge is -2.14. The molecule has 0 aliphatic rings. The fraction of sp³-hybridized carbons (Fsp3) is 0.235. The molecule has 0 aliphatic heterocycles. The molecule has 0 aromatic heterocycles. The van der Waals surface area contributed by atoms with E-state index in [1.165, 1.54) is 12.1 Å². The summed E-state index contributed by atoms with van der Waals surface area (Å²) in [4.78, 5) is 11.5. The second-order valence-electron chi connectivity index (χ2n) is 4.86. The van der Waals surface area contributed by atoms with Gasteiger partial charge in [-0.1, -0.05) is 36.2 Å². The summed E-state index contributed by atoms with van der Waals surface area (Å²) in [6.07, 6.45) is 0.238. The number of ether oxygens (including phenoxy) is 2. The van der Waals surface area contributed by atoms with Gasteiger partial charge in [0.25, 0.3) is 0 Å². The maximum atomic E-state index is 13.6. The predicted octanol–water partition coefficient (Wildman–Crippen LogP) is 5.34. The number of halogens is 3. The molecule has 6 heteroatoms. The molecule has 0 bridgehead atoms. The van der Waals surface area contributed by atoms with Gasteiger partial charge in [0, 0.05) is 12.5 Å². The van der Waals surface area contributed by atoms with Gasteiger partial charge in [0.2, 0.25) is 0 Å². The minimum absolute atomic E-state index is 0.00573. The van der Waals surface area contributed by atoms with Gasteiger partial charge < -0.3 is 9.47 Å². The highest BCUT2D eigenvalue weighted by atomic mass is 35.5. The van der Waals surface area contributed by atoms with Crippen LogP contribution in [-0.2, 0) is 11.4 Å². The SMILES string of the molecule is CCC(=O)Oc1cccc(Cl)c1COc1cc(F)c(C)cc1Cl. The maximum Gasteiger partial charge on any atom is 0.310 e. The number of esters is 1. The van der Waals surface area contributed by atoms with Gasteiger partial charge in [-0.05, 0) is 30.7 Å². The number of hydrogen-bond acceptors (Lipinski definition) is 3. The Morgan fingerprint density at radius 3 is 2.61 bits per heavy atom. The topological polar surface area (TPSA) is 35.5 Å². The lowest BCUT2D eigenvalue weighted by atomic mass is 10.2. The van der Waals surface area contributed by atoms with Crippen LogP contribution in [0, 0.1) is 12.7 Å². The first-order valence-corrected chi connectivity index (χ1v) is 7.74. The number of rotatable bonds is 5. The lowest BCUT2D eigenvalue weighted by molar-refractivity contribution is -0.134. The molecule has 0 amide bonds. The van der Waals surface area contributed by atoms with Crippen molar-refractivity contribution in [1.82, 2.24) is 0 Å². The molecule has 2 aromatic carbocycles. The summed E-state index contributed by atoms with van der Waals surface area (Å²) in [5.41, 5.74) is 0.922. The van der Waals surface area contributed by atoms with Crippen LogP contribution in [0.15, 0.2) is 30.3 Å². The minimum atomic E-state index is -0.416. The second-order valence-corrected chi connectivity index (χ2v) is 5.68. The summed E-state index contributed by atoms with van der Waals surface area (Å²) in [5.74, 6) is -0.287. The van der Waals surface area contributed by atoms with E-state index in [0.29, 0.717) is 26.9 Å². The van der Waals surface area contributed by atoms with Crippen LogP contribution in [-0.4, -0.2) is 5.97 Å². The van der Waals surface area contributed by atoms with Crippen molar-refractivity contribution in [2.45, 2.75) is 26.9 Å². The molecule has 2 rings (SSSR count). The quantitative estimate of drug-likeness (QED) is 0.536. The van der Waals surface area contributed by atoms with Gasteiger partial charge in [0.1, 0.15) is 23.9 Å². The van der Waals surface area contributed by atoms with Crippen molar-refractivity contribution in [2.75, 3.05) is 0 Å². The van der Waals surface area contributed by atoms with E-state index in [1.54, 1.807) is 32.0 Å². The molecule has 0 spiro atoms. The summed E-state index contributed by atoms with van der Waals surface area (Å²) in [5, 5.41) is 0.679. The Morgan fingerprint density at radius 1 is 1.17 bits per heavy atom. The van der Waals surface area contributed by atoms with Gasteiger partial charge in [0.05, 0.1) is 15.6 Å². The molecule has 0 fully saturated rings. The van der Waals surface area contributed by atoms with E-state index < -0.39 is 5.82 Å². The monoisotopic (exact) mass is 356 g/mol. The normalized spacial score (nSPS) is 10.5. The fourth-order valence-corrected chi connectivity index (χ4v) is 2.35. The van der Waals surface area contributed by atoms with Crippen LogP contribution in [0.25, 0.3) is 0 Å². The standard InChI is InChI=1S/C17H15Cl2FO3/c1-3-17(21)23-15-6-4-5-12(18)11(15)9-22-16-8-14(20)10(2)7-13(16)19/h4-8H,3,9H2,1-2H3. The first-order chi connectivity index (χ1) is 10.9. The zero-order chi connectivity index (χ0) is 17.0. The zero-order valence-electron chi connectivity index (χ0n) is 12.7. The first-order valence-electron chi connectivity index (χ1n) is 6.99. The van der Waals surface area contributed by atoms with Crippen LogP contribution < -0.4 is 9.47 Å². The Kier molecular flexibility index (Phi) is 5.85. The van der Waals surface area contributed by atoms with Crippen molar-refractivity contribution in [3.63, 3.8) is 0 Å². The average molecular weight is 357 g/mol. The van der Waals surface area contributed by atoms with E-state index in [0.717, 1.165) is 0 Å². The Morgan fingerprint density at radius 2 is 1.91 bits per heavy atom. The summed E-state index contributed by atoms with van der Waals surface area (Å²) in [6.45, 7) is 3.30. The predicted molar refractivity (Wildman–Crippen MR) is 87.9 cm³/mol. The highest BCUT2D eigenvalue weighted by Crippen LogP contribution is 2.31.